The van der Waals surface area contributed by atoms with Crippen molar-refractivity contribution >= 4 is 11.6 Å². The smallest absolute Gasteiger partial charge is 0.184 e. The Balaban J connectivity index is 2.06. The van der Waals surface area contributed by atoms with Gasteiger partial charge in [-0.25, -0.2) is 9.38 Å². The van der Waals surface area contributed by atoms with Crippen LogP contribution in [0.15, 0.2) is 53.5 Å². The van der Waals surface area contributed by atoms with Gasteiger partial charge < -0.3 is 14.8 Å². The molecule has 0 aliphatic rings. The second kappa shape index (κ2) is 11.6. The van der Waals surface area contributed by atoms with Crippen LogP contribution in [0.25, 0.3) is 5.70 Å². The van der Waals surface area contributed by atoms with E-state index in [0.717, 1.165) is 22.4 Å². The average Bonchev–Trinajstić information content (AvgIpc) is 2.73. The number of rotatable bonds is 9. The number of ether oxygens (including phenoxy) is 2. The second-order valence-electron chi connectivity index (χ2n) is 6.39. The van der Waals surface area contributed by atoms with E-state index in [1.165, 1.54) is 6.07 Å². The molecule has 0 aliphatic heterocycles. The Bertz CT molecular complexity index is 896. The lowest BCUT2D eigenvalue weighted by Gasteiger charge is -2.09. The highest BCUT2D eigenvalue weighted by Gasteiger charge is 2.06. The molecule has 0 saturated carbocycles. The van der Waals surface area contributed by atoms with E-state index in [4.69, 9.17) is 14.7 Å². The molecule has 5 nitrogen and oxygen atoms in total. The molecule has 152 valence electrons. The van der Waals surface area contributed by atoms with Crippen LogP contribution in [0.1, 0.15) is 23.6 Å². The zero-order chi connectivity index (χ0) is 21.1. The van der Waals surface area contributed by atoms with E-state index in [-0.39, 0.29) is 12.4 Å². The number of halogens is 1. The maximum absolute atomic E-state index is 13.9. The van der Waals surface area contributed by atoms with Crippen molar-refractivity contribution in [2.24, 2.45) is 4.99 Å². The van der Waals surface area contributed by atoms with Gasteiger partial charge in [-0.2, -0.15) is 5.26 Å². The van der Waals surface area contributed by atoms with E-state index in [9.17, 15) is 4.39 Å². The molecule has 2 aromatic carbocycles. The first-order valence-electron chi connectivity index (χ1n) is 9.39. The van der Waals surface area contributed by atoms with Crippen LogP contribution in [0.5, 0.6) is 5.75 Å². The number of nitrogens with one attached hydrogen (secondary N) is 1. The second-order valence-corrected chi connectivity index (χ2v) is 6.39. The quantitative estimate of drug-likeness (QED) is 0.391. The largest absolute Gasteiger partial charge is 0.484 e. The predicted octanol–water partition coefficient (Wildman–Crippen LogP) is 4.27. The van der Waals surface area contributed by atoms with Crippen molar-refractivity contribution in [2.75, 3.05) is 26.8 Å². The summed E-state index contributed by atoms with van der Waals surface area (Å²) in [5.74, 6) is 0.960. The van der Waals surface area contributed by atoms with Gasteiger partial charge in [0, 0.05) is 19.0 Å². The van der Waals surface area contributed by atoms with Gasteiger partial charge in [-0.05, 0) is 55.3 Å². The molecule has 0 unspecified atom stereocenters. The van der Waals surface area contributed by atoms with Crippen LogP contribution in [0, 0.1) is 24.1 Å². The minimum atomic E-state index is -0.169. The first kappa shape index (κ1) is 22.1. The fourth-order valence-corrected chi connectivity index (χ4v) is 2.77. The highest BCUT2D eigenvalue weighted by molar-refractivity contribution is 5.82. The van der Waals surface area contributed by atoms with Gasteiger partial charge in [-0.3, -0.25) is 0 Å². The topological polar surface area (TPSA) is 66.6 Å². The van der Waals surface area contributed by atoms with Gasteiger partial charge in [0.15, 0.2) is 12.5 Å². The normalized spacial score (nSPS) is 11.8. The van der Waals surface area contributed by atoms with Crippen molar-refractivity contribution < 1.29 is 13.9 Å². The molecule has 1 N–H and O–H groups in total. The van der Waals surface area contributed by atoms with Gasteiger partial charge >= 0.3 is 0 Å². The lowest BCUT2D eigenvalue weighted by Crippen LogP contribution is -2.18. The molecular weight excluding hydrogens is 369 g/mol. The number of hydrogen-bond acceptors (Lipinski definition) is 5. The summed E-state index contributed by atoms with van der Waals surface area (Å²) in [5.41, 5.74) is 3.27. The van der Waals surface area contributed by atoms with Crippen molar-refractivity contribution in [1.29, 1.82) is 5.26 Å². The van der Waals surface area contributed by atoms with E-state index >= 15 is 0 Å². The Labute approximate surface area is 171 Å². The number of nitriles is 1. The van der Waals surface area contributed by atoms with E-state index < -0.39 is 0 Å². The van der Waals surface area contributed by atoms with Crippen LogP contribution in [0.2, 0.25) is 0 Å². The number of nitrogens with zero attached hydrogens (tertiary/aromatic N) is 2. The first-order chi connectivity index (χ1) is 14.0. The van der Waals surface area contributed by atoms with Crippen LogP contribution >= 0.6 is 0 Å². The molecular formula is C23H26FN3O2. The third-order valence-corrected chi connectivity index (χ3v) is 4.35. The van der Waals surface area contributed by atoms with Crippen LogP contribution in [0.4, 0.5) is 4.39 Å². The fraction of sp³-hybridized carbons (Fsp3) is 0.304. The third-order valence-electron chi connectivity index (χ3n) is 4.35. The molecule has 0 spiro atoms. The van der Waals surface area contributed by atoms with Gasteiger partial charge in [0.2, 0.25) is 0 Å². The van der Waals surface area contributed by atoms with E-state index in [2.05, 4.69) is 10.3 Å². The van der Waals surface area contributed by atoms with Crippen molar-refractivity contribution in [1.82, 2.24) is 5.32 Å². The fourth-order valence-electron chi connectivity index (χ4n) is 2.77. The SMILES string of the molecule is COC(C)=N/C(=C\CNCCc1c(C)cccc1F)c1cccc(OCC#N)c1. The predicted molar refractivity (Wildman–Crippen MR) is 113 cm³/mol. The van der Waals surface area contributed by atoms with Crippen molar-refractivity contribution in [3.05, 3.63) is 71.0 Å². The van der Waals surface area contributed by atoms with Gasteiger partial charge in [0.25, 0.3) is 0 Å². The molecule has 6 heteroatoms. The highest BCUT2D eigenvalue weighted by Crippen LogP contribution is 2.21. The minimum Gasteiger partial charge on any atom is -0.484 e. The number of aryl methyl sites for hydroxylation is 1. The Morgan fingerprint density at radius 1 is 1.28 bits per heavy atom. The Kier molecular flexibility index (Phi) is 8.87. The Morgan fingerprint density at radius 3 is 2.79 bits per heavy atom. The molecule has 0 radical (unpaired) electrons. The summed E-state index contributed by atoms with van der Waals surface area (Å²) >= 11 is 0. The molecule has 0 heterocycles. The first-order valence-corrected chi connectivity index (χ1v) is 9.39. The van der Waals surface area contributed by atoms with Crippen molar-refractivity contribution in [2.45, 2.75) is 20.3 Å². The monoisotopic (exact) mass is 395 g/mol. The number of benzene rings is 2. The summed E-state index contributed by atoms with van der Waals surface area (Å²) in [4.78, 5) is 4.51. The van der Waals surface area contributed by atoms with Crippen LogP contribution in [-0.2, 0) is 11.2 Å². The summed E-state index contributed by atoms with van der Waals surface area (Å²) in [5, 5.41) is 12.0. The summed E-state index contributed by atoms with van der Waals surface area (Å²) in [6.07, 6.45) is 2.56. The van der Waals surface area contributed by atoms with Gasteiger partial charge in [0.05, 0.1) is 12.8 Å². The van der Waals surface area contributed by atoms with Gasteiger partial charge in [-0.15, -0.1) is 0 Å². The molecule has 0 fully saturated rings. The van der Waals surface area contributed by atoms with Crippen LogP contribution < -0.4 is 10.1 Å². The molecule has 0 atom stereocenters. The third kappa shape index (κ3) is 7.05. The van der Waals surface area contributed by atoms with E-state index in [0.29, 0.717) is 31.2 Å². The zero-order valence-electron chi connectivity index (χ0n) is 17.0. The number of methoxy groups -OCH3 is 1. The molecule has 2 rings (SSSR count). The molecule has 0 aliphatic carbocycles. The van der Waals surface area contributed by atoms with Crippen LogP contribution in [0.3, 0.4) is 0 Å². The zero-order valence-corrected chi connectivity index (χ0v) is 17.0. The lowest BCUT2D eigenvalue weighted by molar-refractivity contribution is 0.368. The van der Waals surface area contributed by atoms with Gasteiger partial charge in [-0.1, -0.05) is 24.3 Å². The molecule has 0 saturated heterocycles. The molecule has 0 aromatic heterocycles. The summed E-state index contributed by atoms with van der Waals surface area (Å²) < 4.78 is 24.5. The molecule has 2 aromatic rings. The van der Waals surface area contributed by atoms with E-state index in [1.807, 2.05) is 43.3 Å². The highest BCUT2D eigenvalue weighted by atomic mass is 19.1. The lowest BCUT2D eigenvalue weighted by atomic mass is 10.1. The Hall–Kier alpha value is -3.17. The van der Waals surface area contributed by atoms with Crippen molar-refractivity contribution in [3.8, 4) is 11.8 Å². The number of aliphatic imine (C=N–C) groups is 1. The standard InChI is InChI=1S/C23H26FN3O2/c1-17-6-4-9-22(24)21(17)10-13-26-14-11-23(27-18(2)28-3)19-7-5-8-20(16-19)29-15-12-25/h4-9,11,16,26H,10,13-15H2,1-3H3/b23-11-,27-18?. The maximum Gasteiger partial charge on any atom is 0.184 e. The average molecular weight is 395 g/mol. The summed E-state index contributed by atoms with van der Waals surface area (Å²) in [6, 6.07) is 14.5. The van der Waals surface area contributed by atoms with E-state index in [1.54, 1.807) is 26.2 Å². The maximum atomic E-state index is 13.9. The van der Waals surface area contributed by atoms with Crippen LogP contribution in [-0.4, -0.2) is 32.7 Å². The molecule has 0 amide bonds. The van der Waals surface area contributed by atoms with Gasteiger partial charge in [0.1, 0.15) is 17.6 Å². The van der Waals surface area contributed by atoms with Crippen molar-refractivity contribution in [3.63, 3.8) is 0 Å². The minimum absolute atomic E-state index is 0.0140. The molecule has 29 heavy (non-hydrogen) atoms. The summed E-state index contributed by atoms with van der Waals surface area (Å²) in [6.45, 7) is 4.88. The number of hydrogen-bond donors (Lipinski definition) is 1. The molecule has 0 bridgehead atoms. The Morgan fingerprint density at radius 2 is 2.07 bits per heavy atom. The summed E-state index contributed by atoms with van der Waals surface area (Å²) in [7, 11) is 1.57.